The first-order valence-electron chi connectivity index (χ1n) is 7.55. The Balaban J connectivity index is 2.24. The van der Waals surface area contributed by atoms with Crippen LogP contribution in [0.5, 0.6) is 0 Å². The lowest BCUT2D eigenvalue weighted by Crippen LogP contribution is -2.37. The third kappa shape index (κ3) is 3.44. The minimum absolute atomic E-state index is 0.0937. The van der Waals surface area contributed by atoms with E-state index in [0.717, 1.165) is 19.6 Å². The van der Waals surface area contributed by atoms with Crippen LogP contribution in [0.1, 0.15) is 19.4 Å². The molecule has 0 saturated carbocycles. The molecule has 2 atom stereocenters. The molecule has 0 N–H and O–H groups in total. The summed E-state index contributed by atoms with van der Waals surface area (Å²) in [4.78, 5) is 14.7. The van der Waals surface area contributed by atoms with Gasteiger partial charge < -0.3 is 9.47 Å². The van der Waals surface area contributed by atoms with Crippen molar-refractivity contribution in [3.63, 3.8) is 0 Å². The van der Waals surface area contributed by atoms with Crippen molar-refractivity contribution in [3.8, 4) is 0 Å². The highest BCUT2D eigenvalue weighted by Gasteiger charge is 2.48. The van der Waals surface area contributed by atoms with Gasteiger partial charge in [0.05, 0.1) is 19.1 Å². The second kappa shape index (κ2) is 7.05. The normalized spacial score (nSPS) is 26.0. The van der Waals surface area contributed by atoms with Crippen LogP contribution in [0.25, 0.3) is 0 Å². The molecular weight excluding hydrogens is 266 g/mol. The van der Waals surface area contributed by atoms with Crippen molar-refractivity contribution in [2.24, 2.45) is 5.92 Å². The Morgan fingerprint density at radius 2 is 2.10 bits per heavy atom. The molecule has 4 nitrogen and oxygen atoms in total. The van der Waals surface area contributed by atoms with Crippen LogP contribution < -0.4 is 0 Å². The molecule has 0 bridgehead atoms. The summed E-state index contributed by atoms with van der Waals surface area (Å²) < 4.78 is 10.5. The van der Waals surface area contributed by atoms with Crippen molar-refractivity contribution in [1.82, 2.24) is 4.90 Å². The number of carbonyl (C=O) groups excluding carboxylic acids is 1. The molecule has 1 aliphatic heterocycles. The zero-order chi connectivity index (χ0) is 15.3. The van der Waals surface area contributed by atoms with E-state index in [1.807, 2.05) is 25.1 Å². The summed E-state index contributed by atoms with van der Waals surface area (Å²) in [5.74, 6) is -0.222. The molecule has 116 valence electrons. The van der Waals surface area contributed by atoms with Crippen LogP contribution in [0, 0.1) is 5.92 Å². The van der Waals surface area contributed by atoms with Crippen LogP contribution in [-0.2, 0) is 19.7 Å². The van der Waals surface area contributed by atoms with Gasteiger partial charge in [0.1, 0.15) is 0 Å². The van der Waals surface area contributed by atoms with Gasteiger partial charge in [-0.25, -0.2) is 0 Å². The molecule has 0 unspecified atom stereocenters. The number of likely N-dealkylation sites (tertiary alicyclic amines) is 1. The average molecular weight is 291 g/mol. The van der Waals surface area contributed by atoms with Crippen molar-refractivity contribution in [3.05, 3.63) is 35.9 Å². The van der Waals surface area contributed by atoms with E-state index in [0.29, 0.717) is 13.2 Å². The fourth-order valence-electron chi connectivity index (χ4n) is 3.18. The molecule has 21 heavy (non-hydrogen) atoms. The van der Waals surface area contributed by atoms with Crippen LogP contribution in [0.15, 0.2) is 30.3 Å². The second-order valence-electron chi connectivity index (χ2n) is 5.82. The number of hydrogen-bond donors (Lipinski definition) is 0. The summed E-state index contributed by atoms with van der Waals surface area (Å²) in [6, 6.07) is 10.3. The summed E-state index contributed by atoms with van der Waals surface area (Å²) in [5, 5.41) is 0. The first-order valence-corrected chi connectivity index (χ1v) is 7.55. The number of rotatable bonds is 6. The lowest BCUT2D eigenvalue weighted by atomic mass is 9.74. The molecule has 1 saturated heterocycles. The minimum Gasteiger partial charge on any atom is -0.466 e. The second-order valence-corrected chi connectivity index (χ2v) is 5.82. The highest BCUT2D eigenvalue weighted by molar-refractivity contribution is 5.75. The third-order valence-electron chi connectivity index (χ3n) is 4.38. The van der Waals surface area contributed by atoms with Crippen LogP contribution in [0.3, 0.4) is 0 Å². The maximum Gasteiger partial charge on any atom is 0.311 e. The minimum atomic E-state index is -0.207. The van der Waals surface area contributed by atoms with Crippen molar-refractivity contribution in [1.29, 1.82) is 0 Å². The van der Waals surface area contributed by atoms with Crippen LogP contribution in [-0.4, -0.2) is 50.8 Å². The number of nitrogens with zero attached hydrogens (tertiary/aromatic N) is 1. The molecule has 2 rings (SSSR count). The molecule has 0 amide bonds. The van der Waals surface area contributed by atoms with Crippen molar-refractivity contribution in [2.45, 2.75) is 19.3 Å². The standard InChI is InChI=1S/C17H25NO3/c1-4-21-16(19)15-12-18(10-11-20-3)13-17(15,2)14-8-6-5-7-9-14/h5-9,15H,4,10-13H2,1-3H3/t15-,17-/m0/s1. The molecule has 1 aromatic rings. The van der Waals surface area contributed by atoms with E-state index in [1.54, 1.807) is 7.11 Å². The van der Waals surface area contributed by atoms with E-state index in [4.69, 9.17) is 9.47 Å². The Hall–Kier alpha value is -1.39. The van der Waals surface area contributed by atoms with E-state index in [1.165, 1.54) is 5.56 Å². The lowest BCUT2D eigenvalue weighted by Gasteiger charge is -2.30. The number of carbonyl (C=O) groups is 1. The zero-order valence-corrected chi connectivity index (χ0v) is 13.2. The van der Waals surface area contributed by atoms with Crippen molar-refractivity contribution >= 4 is 5.97 Å². The Bertz CT molecular complexity index is 462. The number of hydrogen-bond acceptors (Lipinski definition) is 4. The smallest absolute Gasteiger partial charge is 0.311 e. The van der Waals surface area contributed by atoms with Gasteiger partial charge in [-0.15, -0.1) is 0 Å². The molecule has 0 aromatic heterocycles. The third-order valence-corrected chi connectivity index (χ3v) is 4.38. The predicted molar refractivity (Wildman–Crippen MR) is 82.2 cm³/mol. The van der Waals surface area contributed by atoms with Crippen molar-refractivity contribution < 1.29 is 14.3 Å². The molecule has 0 radical (unpaired) electrons. The number of ether oxygens (including phenoxy) is 2. The van der Waals surface area contributed by atoms with Gasteiger partial charge in [0, 0.05) is 32.2 Å². The first-order chi connectivity index (χ1) is 10.1. The number of esters is 1. The Morgan fingerprint density at radius 3 is 2.71 bits per heavy atom. The van der Waals surface area contributed by atoms with Crippen LogP contribution in [0.4, 0.5) is 0 Å². The predicted octanol–water partition coefficient (Wildman–Crippen LogP) is 2.09. The van der Waals surface area contributed by atoms with Gasteiger partial charge in [-0.2, -0.15) is 0 Å². The van der Waals surface area contributed by atoms with E-state index in [-0.39, 0.29) is 17.3 Å². The number of benzene rings is 1. The Morgan fingerprint density at radius 1 is 1.38 bits per heavy atom. The fourth-order valence-corrected chi connectivity index (χ4v) is 3.18. The van der Waals surface area contributed by atoms with Crippen LogP contribution in [0.2, 0.25) is 0 Å². The molecule has 1 fully saturated rings. The van der Waals surface area contributed by atoms with Gasteiger partial charge in [-0.3, -0.25) is 9.69 Å². The maximum absolute atomic E-state index is 12.4. The Labute approximate surface area is 127 Å². The summed E-state index contributed by atoms with van der Waals surface area (Å²) in [5.41, 5.74) is 0.990. The summed E-state index contributed by atoms with van der Waals surface area (Å²) in [6.07, 6.45) is 0. The number of methoxy groups -OCH3 is 1. The molecule has 0 aliphatic carbocycles. The fraction of sp³-hybridized carbons (Fsp3) is 0.588. The van der Waals surface area contributed by atoms with E-state index in [9.17, 15) is 4.79 Å². The highest BCUT2D eigenvalue weighted by Crippen LogP contribution is 2.39. The highest BCUT2D eigenvalue weighted by atomic mass is 16.5. The average Bonchev–Trinajstić information content (AvgIpc) is 2.85. The van der Waals surface area contributed by atoms with Crippen molar-refractivity contribution in [2.75, 3.05) is 40.0 Å². The Kier molecular flexibility index (Phi) is 5.37. The largest absolute Gasteiger partial charge is 0.466 e. The van der Waals surface area contributed by atoms with Gasteiger partial charge in [0.2, 0.25) is 0 Å². The monoisotopic (exact) mass is 291 g/mol. The van der Waals surface area contributed by atoms with Gasteiger partial charge in [-0.1, -0.05) is 37.3 Å². The zero-order valence-electron chi connectivity index (χ0n) is 13.2. The van der Waals surface area contributed by atoms with E-state index < -0.39 is 0 Å². The topological polar surface area (TPSA) is 38.8 Å². The first kappa shape index (κ1) is 16.0. The lowest BCUT2D eigenvalue weighted by molar-refractivity contribution is -0.149. The van der Waals surface area contributed by atoms with E-state index >= 15 is 0 Å². The maximum atomic E-state index is 12.4. The summed E-state index contributed by atoms with van der Waals surface area (Å²) in [7, 11) is 1.70. The molecular formula is C17H25NO3. The van der Waals surface area contributed by atoms with Crippen LogP contribution >= 0.6 is 0 Å². The SMILES string of the molecule is CCOC(=O)[C@@H]1CN(CCOC)C[C@@]1(C)c1ccccc1. The molecule has 1 aromatic carbocycles. The molecule has 4 heteroatoms. The van der Waals surface area contributed by atoms with Gasteiger partial charge in [-0.05, 0) is 12.5 Å². The quantitative estimate of drug-likeness (QED) is 0.752. The molecule has 1 heterocycles. The summed E-state index contributed by atoms with van der Waals surface area (Å²) in [6.45, 7) is 7.55. The molecule has 0 spiro atoms. The van der Waals surface area contributed by atoms with Gasteiger partial charge in [0.15, 0.2) is 0 Å². The van der Waals surface area contributed by atoms with Gasteiger partial charge in [0.25, 0.3) is 0 Å². The van der Waals surface area contributed by atoms with Gasteiger partial charge >= 0.3 is 5.97 Å². The summed E-state index contributed by atoms with van der Waals surface area (Å²) >= 11 is 0. The molecule has 1 aliphatic rings. The van der Waals surface area contributed by atoms with E-state index in [2.05, 4.69) is 24.0 Å².